The van der Waals surface area contributed by atoms with Gasteiger partial charge in [0.05, 0.1) is 11.7 Å². The second kappa shape index (κ2) is 4.25. The zero-order valence-corrected chi connectivity index (χ0v) is 9.63. The third kappa shape index (κ3) is 1.93. The highest BCUT2D eigenvalue weighted by Crippen LogP contribution is 2.28. The summed E-state index contributed by atoms with van der Waals surface area (Å²) in [6.07, 6.45) is 5.52. The van der Waals surface area contributed by atoms with Crippen molar-refractivity contribution < 1.29 is 4.52 Å². The molecule has 1 saturated heterocycles. The van der Waals surface area contributed by atoms with Crippen LogP contribution in [0.2, 0.25) is 0 Å². The molecule has 17 heavy (non-hydrogen) atoms. The molecule has 0 bridgehead atoms. The van der Waals surface area contributed by atoms with Gasteiger partial charge in [-0.2, -0.15) is 0 Å². The molecule has 1 aliphatic rings. The summed E-state index contributed by atoms with van der Waals surface area (Å²) < 4.78 is 5.35. The Labute approximate surface area is 99.3 Å². The van der Waals surface area contributed by atoms with Crippen molar-refractivity contribution >= 4 is 0 Å². The van der Waals surface area contributed by atoms with Gasteiger partial charge in [-0.1, -0.05) is 5.16 Å². The smallest absolute Gasteiger partial charge is 0.155 e. The van der Waals surface area contributed by atoms with Crippen LogP contribution in [0.15, 0.2) is 23.0 Å². The van der Waals surface area contributed by atoms with Crippen molar-refractivity contribution in [3.05, 3.63) is 29.9 Å². The molecule has 2 aromatic rings. The van der Waals surface area contributed by atoms with E-state index in [0.717, 1.165) is 42.2 Å². The molecule has 1 fully saturated rings. The van der Waals surface area contributed by atoms with E-state index < -0.39 is 0 Å². The van der Waals surface area contributed by atoms with Crippen molar-refractivity contribution in [2.45, 2.75) is 25.8 Å². The molecule has 3 heterocycles. The molecule has 0 amide bonds. The Hall–Kier alpha value is -1.75. The maximum atomic E-state index is 5.35. The number of aromatic nitrogens is 3. The molecule has 1 radical (unpaired) electrons. The van der Waals surface area contributed by atoms with Crippen molar-refractivity contribution in [1.29, 1.82) is 0 Å². The highest BCUT2D eigenvalue weighted by molar-refractivity contribution is 5.56. The van der Waals surface area contributed by atoms with Crippen LogP contribution < -0.4 is 5.32 Å². The average molecular weight is 229 g/mol. The predicted octanol–water partition coefficient (Wildman–Crippen LogP) is 1.88. The lowest BCUT2D eigenvalue weighted by Gasteiger charge is -2.00. The van der Waals surface area contributed by atoms with Gasteiger partial charge in [0.25, 0.3) is 0 Å². The van der Waals surface area contributed by atoms with E-state index in [1.807, 2.05) is 13.0 Å². The molecule has 3 rings (SSSR count). The quantitative estimate of drug-likeness (QED) is 0.788. The number of hydrogen-bond donors (Lipinski definition) is 0. The van der Waals surface area contributed by atoms with Gasteiger partial charge in [-0.15, -0.1) is 0 Å². The van der Waals surface area contributed by atoms with E-state index in [9.17, 15) is 0 Å². The lowest BCUT2D eigenvalue weighted by atomic mass is 10.1. The van der Waals surface area contributed by atoms with Gasteiger partial charge < -0.3 is 4.52 Å². The maximum Gasteiger partial charge on any atom is 0.155 e. The molecule has 0 aromatic carbocycles. The van der Waals surface area contributed by atoms with Gasteiger partial charge in [-0.05, 0) is 19.8 Å². The van der Waals surface area contributed by atoms with Crippen molar-refractivity contribution in [2.24, 2.45) is 0 Å². The SMILES string of the molecule is Cc1nccnc1-c1cc(C2CCC[N]2)on1. The maximum absolute atomic E-state index is 5.35. The Kier molecular flexibility index (Phi) is 2.60. The Bertz CT molecular complexity index is 517. The zero-order chi connectivity index (χ0) is 11.7. The topological polar surface area (TPSA) is 65.9 Å². The fourth-order valence-corrected chi connectivity index (χ4v) is 2.07. The first kappa shape index (κ1) is 10.4. The second-order valence-electron chi connectivity index (χ2n) is 4.17. The van der Waals surface area contributed by atoms with E-state index in [4.69, 9.17) is 4.52 Å². The van der Waals surface area contributed by atoms with Crippen molar-refractivity contribution in [3.8, 4) is 11.4 Å². The summed E-state index contributed by atoms with van der Waals surface area (Å²) in [7, 11) is 0. The molecule has 5 heteroatoms. The van der Waals surface area contributed by atoms with Crippen LogP contribution in [0.4, 0.5) is 0 Å². The predicted molar refractivity (Wildman–Crippen MR) is 61.2 cm³/mol. The molecule has 5 nitrogen and oxygen atoms in total. The van der Waals surface area contributed by atoms with Crippen LogP contribution in [0, 0.1) is 6.92 Å². The van der Waals surface area contributed by atoms with Gasteiger partial charge in [0.2, 0.25) is 0 Å². The molecule has 0 saturated carbocycles. The van der Waals surface area contributed by atoms with Gasteiger partial charge in [0, 0.05) is 25.0 Å². The van der Waals surface area contributed by atoms with E-state index in [-0.39, 0.29) is 6.04 Å². The highest BCUT2D eigenvalue weighted by atomic mass is 16.5. The largest absolute Gasteiger partial charge is 0.359 e. The summed E-state index contributed by atoms with van der Waals surface area (Å²) in [6, 6.07) is 2.10. The monoisotopic (exact) mass is 229 g/mol. The fraction of sp³-hybridized carbons (Fsp3) is 0.417. The first-order chi connectivity index (χ1) is 8.34. The minimum absolute atomic E-state index is 0.174. The van der Waals surface area contributed by atoms with Crippen LogP contribution in [-0.2, 0) is 0 Å². The molecule has 1 unspecified atom stereocenters. The van der Waals surface area contributed by atoms with Crippen molar-refractivity contribution in [2.75, 3.05) is 6.54 Å². The van der Waals surface area contributed by atoms with Crippen molar-refractivity contribution in [3.63, 3.8) is 0 Å². The summed E-state index contributed by atoms with van der Waals surface area (Å²) in [5.74, 6) is 0.836. The summed E-state index contributed by atoms with van der Waals surface area (Å²) in [6.45, 7) is 2.83. The fourth-order valence-electron chi connectivity index (χ4n) is 2.07. The third-order valence-corrected chi connectivity index (χ3v) is 2.97. The minimum Gasteiger partial charge on any atom is -0.359 e. The first-order valence-corrected chi connectivity index (χ1v) is 5.76. The van der Waals surface area contributed by atoms with Gasteiger partial charge >= 0.3 is 0 Å². The summed E-state index contributed by atoms with van der Waals surface area (Å²) in [5.41, 5.74) is 2.38. The summed E-state index contributed by atoms with van der Waals surface area (Å²) >= 11 is 0. The molecular weight excluding hydrogens is 216 g/mol. The van der Waals surface area contributed by atoms with Gasteiger partial charge in [-0.3, -0.25) is 9.97 Å². The van der Waals surface area contributed by atoms with Gasteiger partial charge in [0.15, 0.2) is 5.76 Å². The summed E-state index contributed by atoms with van der Waals surface area (Å²) in [5, 5.41) is 8.52. The standard InChI is InChI=1S/C12H13N4O/c1-8-12(15-6-5-13-8)10-7-11(17-16-10)9-3-2-4-14-9/h5-7,9H,2-4H2,1H3. The molecule has 0 spiro atoms. The lowest BCUT2D eigenvalue weighted by Crippen LogP contribution is -2.03. The number of hydrogen-bond acceptors (Lipinski definition) is 4. The molecule has 1 aliphatic heterocycles. The second-order valence-corrected chi connectivity index (χ2v) is 4.17. The van der Waals surface area contributed by atoms with Gasteiger partial charge in [0.1, 0.15) is 11.4 Å². The molecule has 2 aromatic heterocycles. The molecular formula is C12H13N4O. The van der Waals surface area contributed by atoms with Gasteiger partial charge in [-0.25, -0.2) is 5.32 Å². The van der Waals surface area contributed by atoms with Crippen LogP contribution in [0.1, 0.15) is 30.3 Å². The Morgan fingerprint density at radius 3 is 2.94 bits per heavy atom. The first-order valence-electron chi connectivity index (χ1n) is 5.76. The van der Waals surface area contributed by atoms with E-state index in [1.54, 1.807) is 12.4 Å². The Morgan fingerprint density at radius 1 is 1.29 bits per heavy atom. The van der Waals surface area contributed by atoms with Crippen molar-refractivity contribution in [1.82, 2.24) is 20.4 Å². The lowest BCUT2D eigenvalue weighted by molar-refractivity contribution is 0.351. The van der Waals surface area contributed by atoms with E-state index >= 15 is 0 Å². The molecule has 87 valence electrons. The van der Waals surface area contributed by atoms with E-state index in [1.165, 1.54) is 0 Å². The average Bonchev–Trinajstić information content (AvgIpc) is 3.00. The summed E-state index contributed by atoms with van der Waals surface area (Å²) in [4.78, 5) is 8.47. The normalized spacial score (nSPS) is 19.7. The zero-order valence-electron chi connectivity index (χ0n) is 9.63. The molecule has 1 atom stereocenters. The Morgan fingerprint density at radius 2 is 2.18 bits per heavy atom. The molecule has 0 aliphatic carbocycles. The number of nitrogens with zero attached hydrogens (tertiary/aromatic N) is 4. The van der Waals surface area contributed by atoms with Crippen LogP contribution in [0.25, 0.3) is 11.4 Å². The van der Waals surface area contributed by atoms with Crippen LogP contribution >= 0.6 is 0 Å². The third-order valence-electron chi connectivity index (χ3n) is 2.97. The van der Waals surface area contributed by atoms with E-state index in [2.05, 4.69) is 20.4 Å². The number of aryl methyl sites for hydroxylation is 1. The molecule has 0 N–H and O–H groups in total. The number of rotatable bonds is 2. The highest BCUT2D eigenvalue weighted by Gasteiger charge is 2.22. The minimum atomic E-state index is 0.174. The van der Waals surface area contributed by atoms with Crippen LogP contribution in [-0.4, -0.2) is 21.7 Å². The van der Waals surface area contributed by atoms with E-state index in [0.29, 0.717) is 0 Å². The Balaban J connectivity index is 1.92. The van der Waals surface area contributed by atoms with Crippen LogP contribution in [0.3, 0.4) is 0 Å². The van der Waals surface area contributed by atoms with Crippen LogP contribution in [0.5, 0.6) is 0 Å².